The lowest BCUT2D eigenvalue weighted by Gasteiger charge is -2.37. The predicted molar refractivity (Wildman–Crippen MR) is 91.4 cm³/mol. The Bertz CT molecular complexity index is 573. The van der Waals surface area contributed by atoms with Crippen LogP contribution in [0.5, 0.6) is 11.5 Å². The van der Waals surface area contributed by atoms with Crippen molar-refractivity contribution in [1.29, 1.82) is 0 Å². The number of rotatable bonds is 6. The molecule has 1 unspecified atom stereocenters. The molecule has 0 aliphatic carbocycles. The fourth-order valence-corrected chi connectivity index (χ4v) is 3.39. The maximum Gasteiger partial charge on any atom is 0.119 e. The molecule has 0 radical (unpaired) electrons. The monoisotopic (exact) mass is 298 g/mol. The summed E-state index contributed by atoms with van der Waals surface area (Å²) < 4.78 is 0. The molecule has 2 N–H and O–H groups in total. The SMILES string of the molecule is CCC(C)CC(CC)(c1ccccc1O)c1ccccc1O. The Hall–Kier alpha value is -1.96. The average molecular weight is 298 g/mol. The van der Waals surface area contributed by atoms with Crippen LogP contribution in [-0.4, -0.2) is 10.2 Å². The van der Waals surface area contributed by atoms with E-state index in [1.165, 1.54) is 0 Å². The molecular formula is C20H26O2. The molecule has 22 heavy (non-hydrogen) atoms. The molecule has 0 aliphatic rings. The highest BCUT2D eigenvalue weighted by Crippen LogP contribution is 2.47. The molecular weight excluding hydrogens is 272 g/mol. The lowest BCUT2D eigenvalue weighted by Crippen LogP contribution is -2.29. The van der Waals surface area contributed by atoms with Gasteiger partial charge in [0, 0.05) is 16.5 Å². The van der Waals surface area contributed by atoms with Crippen LogP contribution >= 0.6 is 0 Å². The van der Waals surface area contributed by atoms with Gasteiger partial charge in [0.1, 0.15) is 11.5 Å². The standard InChI is InChI=1S/C20H26O2/c1-4-15(3)14-20(5-2,16-10-6-8-12-18(16)21)17-11-7-9-13-19(17)22/h6-13,15,21-22H,4-5,14H2,1-3H3. The molecule has 1 atom stereocenters. The van der Waals surface area contributed by atoms with E-state index in [4.69, 9.17) is 0 Å². The number of hydrogen-bond donors (Lipinski definition) is 2. The van der Waals surface area contributed by atoms with Crippen molar-refractivity contribution in [3.8, 4) is 11.5 Å². The van der Waals surface area contributed by atoms with Gasteiger partial charge in [-0.25, -0.2) is 0 Å². The summed E-state index contributed by atoms with van der Waals surface area (Å²) in [7, 11) is 0. The van der Waals surface area contributed by atoms with Gasteiger partial charge < -0.3 is 10.2 Å². The van der Waals surface area contributed by atoms with Gasteiger partial charge in [-0.3, -0.25) is 0 Å². The highest BCUT2D eigenvalue weighted by atomic mass is 16.3. The quantitative estimate of drug-likeness (QED) is 0.766. The minimum absolute atomic E-state index is 0.302. The van der Waals surface area contributed by atoms with Crippen molar-refractivity contribution in [3.05, 3.63) is 59.7 Å². The second-order valence-corrected chi connectivity index (χ2v) is 6.19. The summed E-state index contributed by atoms with van der Waals surface area (Å²) >= 11 is 0. The smallest absolute Gasteiger partial charge is 0.119 e. The molecule has 2 aromatic rings. The van der Waals surface area contributed by atoms with Crippen molar-refractivity contribution >= 4 is 0 Å². The van der Waals surface area contributed by atoms with E-state index in [-0.39, 0.29) is 5.41 Å². The molecule has 0 aromatic heterocycles. The first kappa shape index (κ1) is 16.4. The average Bonchev–Trinajstić information content (AvgIpc) is 2.54. The summed E-state index contributed by atoms with van der Waals surface area (Å²) in [5, 5.41) is 20.9. The molecule has 0 saturated carbocycles. The number of hydrogen-bond acceptors (Lipinski definition) is 2. The molecule has 0 spiro atoms. The van der Waals surface area contributed by atoms with Crippen molar-refractivity contribution < 1.29 is 10.2 Å². The minimum Gasteiger partial charge on any atom is -0.508 e. The fraction of sp³-hybridized carbons (Fsp3) is 0.400. The van der Waals surface area contributed by atoms with Gasteiger partial charge in [-0.1, -0.05) is 63.6 Å². The van der Waals surface area contributed by atoms with Crippen LogP contribution in [0.1, 0.15) is 51.2 Å². The van der Waals surface area contributed by atoms with Crippen molar-refractivity contribution in [2.24, 2.45) is 5.92 Å². The zero-order chi connectivity index (χ0) is 16.2. The van der Waals surface area contributed by atoms with Gasteiger partial charge in [0.05, 0.1) is 0 Å². The molecule has 0 saturated heterocycles. The van der Waals surface area contributed by atoms with E-state index in [0.29, 0.717) is 17.4 Å². The molecule has 2 heteroatoms. The summed E-state index contributed by atoms with van der Waals surface area (Å²) in [4.78, 5) is 0. The Kier molecular flexibility index (Phi) is 5.12. The Morgan fingerprint density at radius 3 is 1.68 bits per heavy atom. The van der Waals surface area contributed by atoms with Crippen molar-refractivity contribution in [3.63, 3.8) is 0 Å². The van der Waals surface area contributed by atoms with Crippen LogP contribution in [0.25, 0.3) is 0 Å². The first-order valence-electron chi connectivity index (χ1n) is 8.12. The highest BCUT2D eigenvalue weighted by molar-refractivity contribution is 5.51. The van der Waals surface area contributed by atoms with Crippen LogP contribution in [0.4, 0.5) is 0 Å². The third-order valence-corrected chi connectivity index (χ3v) is 4.84. The first-order chi connectivity index (χ1) is 10.5. The molecule has 2 rings (SSSR count). The van der Waals surface area contributed by atoms with Gasteiger partial charge >= 0.3 is 0 Å². The van der Waals surface area contributed by atoms with Gasteiger partial charge in [0.15, 0.2) is 0 Å². The minimum atomic E-state index is -0.369. The van der Waals surface area contributed by atoms with E-state index in [1.54, 1.807) is 12.1 Å². The van der Waals surface area contributed by atoms with E-state index < -0.39 is 0 Å². The van der Waals surface area contributed by atoms with Crippen LogP contribution in [0, 0.1) is 5.92 Å². The molecule has 0 amide bonds. The van der Waals surface area contributed by atoms with E-state index in [0.717, 1.165) is 30.4 Å². The van der Waals surface area contributed by atoms with Gasteiger partial charge in [-0.2, -0.15) is 0 Å². The second-order valence-electron chi connectivity index (χ2n) is 6.19. The number of benzene rings is 2. The maximum absolute atomic E-state index is 10.4. The summed E-state index contributed by atoms with van der Waals surface area (Å²) in [5.74, 6) is 1.10. The topological polar surface area (TPSA) is 40.5 Å². The summed E-state index contributed by atoms with van der Waals surface area (Å²) in [6.07, 6.45) is 2.80. The fourth-order valence-electron chi connectivity index (χ4n) is 3.39. The number of aromatic hydroxyl groups is 2. The maximum atomic E-state index is 10.4. The largest absolute Gasteiger partial charge is 0.508 e. The van der Waals surface area contributed by atoms with Crippen LogP contribution in [0.3, 0.4) is 0 Å². The third kappa shape index (κ3) is 2.96. The molecule has 0 heterocycles. The van der Waals surface area contributed by atoms with Crippen LogP contribution < -0.4 is 0 Å². The normalized spacial score (nSPS) is 13.0. The van der Waals surface area contributed by atoms with Crippen molar-refractivity contribution in [1.82, 2.24) is 0 Å². The first-order valence-corrected chi connectivity index (χ1v) is 8.12. The lowest BCUT2D eigenvalue weighted by molar-refractivity contribution is 0.335. The summed E-state index contributed by atoms with van der Waals surface area (Å²) in [6.45, 7) is 6.53. The van der Waals surface area contributed by atoms with Gasteiger partial charge in [-0.05, 0) is 30.9 Å². The summed E-state index contributed by atoms with van der Waals surface area (Å²) in [6, 6.07) is 15.0. The number of phenols is 2. The van der Waals surface area contributed by atoms with E-state index in [2.05, 4.69) is 20.8 Å². The molecule has 0 fully saturated rings. The highest BCUT2D eigenvalue weighted by Gasteiger charge is 2.37. The zero-order valence-electron chi connectivity index (χ0n) is 13.7. The molecule has 2 nitrogen and oxygen atoms in total. The van der Waals surface area contributed by atoms with Crippen LogP contribution in [0.15, 0.2) is 48.5 Å². The van der Waals surface area contributed by atoms with Crippen LogP contribution in [-0.2, 0) is 5.41 Å². The predicted octanol–water partition coefficient (Wildman–Crippen LogP) is 5.23. The lowest BCUT2D eigenvalue weighted by atomic mass is 9.66. The van der Waals surface area contributed by atoms with Crippen molar-refractivity contribution in [2.75, 3.05) is 0 Å². The number of para-hydroxylation sites is 2. The Labute approximate surface area is 133 Å². The van der Waals surface area contributed by atoms with Crippen molar-refractivity contribution in [2.45, 2.75) is 45.4 Å². The summed E-state index contributed by atoms with van der Waals surface area (Å²) in [5.41, 5.74) is 1.44. The van der Waals surface area contributed by atoms with Crippen LogP contribution in [0.2, 0.25) is 0 Å². The van der Waals surface area contributed by atoms with E-state index in [9.17, 15) is 10.2 Å². The Balaban J connectivity index is 2.68. The van der Waals surface area contributed by atoms with E-state index in [1.807, 2.05) is 36.4 Å². The molecule has 118 valence electrons. The molecule has 0 bridgehead atoms. The Morgan fingerprint density at radius 2 is 1.32 bits per heavy atom. The van der Waals surface area contributed by atoms with Gasteiger partial charge in [0.2, 0.25) is 0 Å². The van der Waals surface area contributed by atoms with Gasteiger partial charge in [0.25, 0.3) is 0 Å². The molecule has 2 aromatic carbocycles. The molecule has 0 aliphatic heterocycles. The third-order valence-electron chi connectivity index (χ3n) is 4.84. The number of phenolic OH excluding ortho intramolecular Hbond substituents is 2. The Morgan fingerprint density at radius 1 is 0.864 bits per heavy atom. The van der Waals surface area contributed by atoms with E-state index >= 15 is 0 Å². The zero-order valence-corrected chi connectivity index (χ0v) is 13.7. The second kappa shape index (κ2) is 6.87. The van der Waals surface area contributed by atoms with Gasteiger partial charge in [-0.15, -0.1) is 0 Å².